The lowest BCUT2D eigenvalue weighted by Crippen LogP contribution is -2.48. The Morgan fingerprint density at radius 2 is 2.00 bits per heavy atom. The van der Waals surface area contributed by atoms with E-state index < -0.39 is 22.0 Å². The molecule has 27 heavy (non-hydrogen) atoms. The van der Waals surface area contributed by atoms with Crippen molar-refractivity contribution in [2.75, 3.05) is 50.0 Å². The molecule has 1 atom stereocenters. The molecule has 10 heteroatoms. The zero-order valence-corrected chi connectivity index (χ0v) is 17.8. The molecule has 0 aliphatic carbocycles. The van der Waals surface area contributed by atoms with Crippen molar-refractivity contribution in [3.05, 3.63) is 28.2 Å². The number of amides is 1. The number of nitrogens with zero attached hydrogens (tertiary/aromatic N) is 2. The number of hydrogen-bond acceptors (Lipinski definition) is 5. The second-order valence-corrected chi connectivity index (χ2v) is 9.13. The Bertz CT molecular complexity index is 755. The van der Waals surface area contributed by atoms with Crippen molar-refractivity contribution in [3.8, 4) is 0 Å². The van der Waals surface area contributed by atoms with Gasteiger partial charge in [-0.05, 0) is 38.1 Å². The highest BCUT2D eigenvalue weighted by atomic mass is 35.5. The molecule has 1 heterocycles. The molecule has 0 saturated carbocycles. The minimum Gasteiger partial charge on any atom is -0.379 e. The molecule has 1 aliphatic heterocycles. The minimum atomic E-state index is -3.74. The van der Waals surface area contributed by atoms with Crippen LogP contribution in [-0.2, 0) is 19.6 Å². The van der Waals surface area contributed by atoms with E-state index in [-0.39, 0.29) is 10.7 Å². The molecule has 1 aromatic carbocycles. The summed E-state index contributed by atoms with van der Waals surface area (Å²) in [6.07, 6.45) is 1.81. The number of carbonyl (C=O) groups excluding carboxylic acids is 1. The zero-order valence-electron chi connectivity index (χ0n) is 15.5. The summed E-state index contributed by atoms with van der Waals surface area (Å²) in [6.45, 7) is 6.07. The van der Waals surface area contributed by atoms with Crippen molar-refractivity contribution in [2.24, 2.45) is 0 Å². The number of rotatable bonds is 8. The second-order valence-electron chi connectivity index (χ2n) is 6.43. The summed E-state index contributed by atoms with van der Waals surface area (Å²) in [6, 6.07) is 3.54. The molecule has 0 aromatic heterocycles. The third-order valence-corrected chi connectivity index (χ3v) is 6.07. The van der Waals surface area contributed by atoms with Gasteiger partial charge in [-0.3, -0.25) is 14.0 Å². The van der Waals surface area contributed by atoms with Crippen molar-refractivity contribution in [3.63, 3.8) is 0 Å². The lowest BCUT2D eigenvalue weighted by molar-refractivity contribution is -0.121. The Morgan fingerprint density at radius 3 is 2.63 bits per heavy atom. The molecule has 1 N–H and O–H groups in total. The Labute approximate surface area is 170 Å². The monoisotopic (exact) mass is 437 g/mol. The first kappa shape index (κ1) is 22.2. The van der Waals surface area contributed by atoms with Crippen LogP contribution in [0.2, 0.25) is 10.0 Å². The zero-order chi connectivity index (χ0) is 20.0. The first-order valence-corrected chi connectivity index (χ1v) is 11.3. The number of nitrogens with one attached hydrogen (secondary N) is 1. The van der Waals surface area contributed by atoms with Crippen LogP contribution in [-0.4, -0.2) is 70.9 Å². The first-order chi connectivity index (χ1) is 12.7. The molecule has 152 valence electrons. The average molecular weight is 438 g/mol. The minimum absolute atomic E-state index is 0.183. The van der Waals surface area contributed by atoms with Crippen LogP contribution in [0.15, 0.2) is 18.2 Å². The quantitative estimate of drug-likeness (QED) is 0.628. The van der Waals surface area contributed by atoms with Crippen molar-refractivity contribution in [2.45, 2.75) is 19.4 Å². The average Bonchev–Trinajstić information content (AvgIpc) is 2.61. The van der Waals surface area contributed by atoms with Gasteiger partial charge in [0.2, 0.25) is 15.9 Å². The Balaban J connectivity index is 1.99. The van der Waals surface area contributed by atoms with E-state index in [1.807, 2.05) is 0 Å². The molecule has 1 aromatic rings. The summed E-state index contributed by atoms with van der Waals surface area (Å²) in [5, 5.41) is 3.34. The second kappa shape index (κ2) is 9.93. The molecule has 2 rings (SSSR count). The van der Waals surface area contributed by atoms with E-state index in [0.29, 0.717) is 11.6 Å². The van der Waals surface area contributed by atoms with Gasteiger partial charge in [0.05, 0.1) is 30.2 Å². The van der Waals surface area contributed by atoms with Crippen molar-refractivity contribution in [1.82, 2.24) is 10.2 Å². The molecular formula is C17H25Cl2N3O4S. The van der Waals surface area contributed by atoms with E-state index in [1.165, 1.54) is 19.1 Å². The molecule has 7 nitrogen and oxygen atoms in total. The highest BCUT2D eigenvalue weighted by Crippen LogP contribution is 2.32. The maximum Gasteiger partial charge on any atom is 0.243 e. The fourth-order valence-corrected chi connectivity index (χ4v) is 4.53. The predicted molar refractivity (Wildman–Crippen MR) is 108 cm³/mol. The van der Waals surface area contributed by atoms with Crippen LogP contribution in [0.1, 0.15) is 13.3 Å². The molecular weight excluding hydrogens is 413 g/mol. The van der Waals surface area contributed by atoms with Crippen LogP contribution in [0.25, 0.3) is 0 Å². The molecule has 1 fully saturated rings. The van der Waals surface area contributed by atoms with Crippen molar-refractivity contribution in [1.29, 1.82) is 0 Å². The SMILES string of the molecule is C[C@@H](C(=O)NCCCN1CCOCC1)N(c1cc(Cl)ccc1Cl)S(C)(=O)=O. The lowest BCUT2D eigenvalue weighted by Gasteiger charge is -2.29. The fourth-order valence-electron chi connectivity index (χ4n) is 2.92. The van der Waals surface area contributed by atoms with Crippen LogP contribution in [0, 0.1) is 0 Å². The largest absolute Gasteiger partial charge is 0.379 e. The van der Waals surface area contributed by atoms with Crippen LogP contribution in [0.5, 0.6) is 0 Å². The van der Waals surface area contributed by atoms with Crippen LogP contribution in [0.4, 0.5) is 5.69 Å². The molecule has 1 aliphatic rings. The number of benzene rings is 1. The van der Waals surface area contributed by atoms with E-state index in [2.05, 4.69) is 10.2 Å². The van der Waals surface area contributed by atoms with Gasteiger partial charge in [-0.2, -0.15) is 0 Å². The van der Waals surface area contributed by atoms with Gasteiger partial charge in [0.25, 0.3) is 0 Å². The summed E-state index contributed by atoms with van der Waals surface area (Å²) in [5.74, 6) is -0.390. The van der Waals surface area contributed by atoms with Crippen LogP contribution < -0.4 is 9.62 Å². The van der Waals surface area contributed by atoms with Gasteiger partial charge in [0.15, 0.2) is 0 Å². The van der Waals surface area contributed by atoms with Gasteiger partial charge < -0.3 is 10.1 Å². The summed E-state index contributed by atoms with van der Waals surface area (Å²) >= 11 is 12.1. The normalized spacial score (nSPS) is 16.7. The van der Waals surface area contributed by atoms with E-state index in [9.17, 15) is 13.2 Å². The maximum absolute atomic E-state index is 12.5. The number of hydrogen-bond donors (Lipinski definition) is 1. The number of ether oxygens (including phenoxy) is 1. The molecule has 0 unspecified atom stereocenters. The number of anilines is 1. The summed E-state index contributed by atoms with van der Waals surface area (Å²) in [7, 11) is -3.74. The molecule has 0 radical (unpaired) electrons. The van der Waals surface area contributed by atoms with E-state index in [1.54, 1.807) is 6.07 Å². The lowest BCUT2D eigenvalue weighted by atomic mass is 10.2. The predicted octanol–water partition coefficient (Wildman–Crippen LogP) is 1.99. The van der Waals surface area contributed by atoms with Gasteiger partial charge in [-0.15, -0.1) is 0 Å². The van der Waals surface area contributed by atoms with E-state index in [4.69, 9.17) is 27.9 Å². The number of halogens is 2. The number of sulfonamides is 1. The number of carbonyl (C=O) groups is 1. The molecule has 0 spiro atoms. The van der Waals surface area contributed by atoms with Gasteiger partial charge in [-0.25, -0.2) is 8.42 Å². The number of morpholine rings is 1. The highest BCUT2D eigenvalue weighted by Gasteiger charge is 2.30. The standard InChI is InChI=1S/C17H25Cl2N3O4S/c1-13(17(23)20-6-3-7-21-8-10-26-11-9-21)22(27(2,24)25)16-12-14(18)4-5-15(16)19/h4-5,12-13H,3,6-11H2,1-2H3,(H,20,23)/t13-/m0/s1. The van der Waals surface area contributed by atoms with Gasteiger partial charge in [0.1, 0.15) is 6.04 Å². The molecule has 1 amide bonds. The van der Waals surface area contributed by atoms with Gasteiger partial charge in [0, 0.05) is 24.7 Å². The smallest absolute Gasteiger partial charge is 0.243 e. The summed E-state index contributed by atoms with van der Waals surface area (Å²) in [5.41, 5.74) is 0.183. The third kappa shape index (κ3) is 6.50. The summed E-state index contributed by atoms with van der Waals surface area (Å²) in [4.78, 5) is 14.8. The fraction of sp³-hybridized carbons (Fsp3) is 0.588. The Hall–Kier alpha value is -1.06. The molecule has 1 saturated heterocycles. The Morgan fingerprint density at radius 1 is 1.33 bits per heavy atom. The summed E-state index contributed by atoms with van der Waals surface area (Å²) < 4.78 is 30.9. The van der Waals surface area contributed by atoms with E-state index in [0.717, 1.165) is 49.8 Å². The first-order valence-electron chi connectivity index (χ1n) is 8.72. The van der Waals surface area contributed by atoms with Crippen LogP contribution >= 0.6 is 23.2 Å². The Kier molecular flexibility index (Phi) is 8.18. The van der Waals surface area contributed by atoms with E-state index >= 15 is 0 Å². The maximum atomic E-state index is 12.5. The van der Waals surface area contributed by atoms with Crippen molar-refractivity contribution < 1.29 is 17.9 Å². The third-order valence-electron chi connectivity index (χ3n) is 4.29. The van der Waals surface area contributed by atoms with Crippen molar-refractivity contribution >= 4 is 44.8 Å². The molecule has 0 bridgehead atoms. The van der Waals surface area contributed by atoms with Gasteiger partial charge >= 0.3 is 0 Å². The van der Waals surface area contributed by atoms with Gasteiger partial charge in [-0.1, -0.05) is 23.2 Å². The highest BCUT2D eigenvalue weighted by molar-refractivity contribution is 7.92. The topological polar surface area (TPSA) is 79.0 Å². The van der Waals surface area contributed by atoms with Crippen LogP contribution in [0.3, 0.4) is 0 Å².